The summed E-state index contributed by atoms with van der Waals surface area (Å²) >= 11 is 1.23. The summed E-state index contributed by atoms with van der Waals surface area (Å²) in [6, 6.07) is 4.95. The molecule has 1 aromatic heterocycles. The molecule has 2 heterocycles. The zero-order chi connectivity index (χ0) is 21.8. The van der Waals surface area contributed by atoms with Gasteiger partial charge in [0.05, 0.1) is 46.1 Å². The minimum atomic E-state index is -0.549. The van der Waals surface area contributed by atoms with Crippen molar-refractivity contribution in [2.24, 2.45) is 0 Å². The molecule has 0 saturated heterocycles. The van der Waals surface area contributed by atoms with Gasteiger partial charge in [-0.25, -0.2) is 9.59 Å². The van der Waals surface area contributed by atoms with Gasteiger partial charge < -0.3 is 29.2 Å². The first-order chi connectivity index (χ1) is 14.4. The number of anilines is 1. The minimum Gasteiger partial charge on any atom is -0.493 e. The lowest BCUT2D eigenvalue weighted by Gasteiger charge is -2.25. The molecule has 3 rings (SSSR count). The Morgan fingerprint density at radius 3 is 2.47 bits per heavy atom. The van der Waals surface area contributed by atoms with Gasteiger partial charge >= 0.3 is 12.1 Å². The molecule has 0 saturated carbocycles. The number of nitrogens with one attached hydrogen (secondary N) is 1. The second-order valence-electron chi connectivity index (χ2n) is 6.34. The molecule has 0 atom stereocenters. The summed E-state index contributed by atoms with van der Waals surface area (Å²) in [5, 5.41) is 3.15. The van der Waals surface area contributed by atoms with Crippen molar-refractivity contribution in [3.8, 4) is 11.5 Å². The van der Waals surface area contributed by atoms with Gasteiger partial charge in [-0.15, -0.1) is 11.3 Å². The maximum atomic E-state index is 13.0. The van der Waals surface area contributed by atoms with Crippen molar-refractivity contribution in [2.75, 3.05) is 40.3 Å². The van der Waals surface area contributed by atoms with Gasteiger partial charge in [-0.05, 0) is 24.1 Å². The lowest BCUT2D eigenvalue weighted by atomic mass is 10.0. The highest BCUT2D eigenvalue weighted by atomic mass is 32.1. The Hall–Kier alpha value is -3.27. The van der Waals surface area contributed by atoms with Crippen LogP contribution in [0.5, 0.6) is 11.5 Å². The number of nitrogens with zero attached hydrogens (tertiary/aromatic N) is 1. The van der Waals surface area contributed by atoms with Gasteiger partial charge in [-0.2, -0.15) is 0 Å². The van der Waals surface area contributed by atoms with Crippen LogP contribution in [0, 0.1) is 0 Å². The van der Waals surface area contributed by atoms with Crippen LogP contribution < -0.4 is 14.8 Å². The van der Waals surface area contributed by atoms with Gasteiger partial charge in [0, 0.05) is 11.4 Å². The standard InChI is InChI=1S/C20H22N2O7S/c1-26-13-7-5-6-12(16(13)27-2)17(23)21-18-15(19(24)28-3)11-8-9-22(20(25)29-4)10-14(11)30-18/h5-7H,8-10H2,1-4H3,(H,21,23). The minimum absolute atomic E-state index is 0.259. The Morgan fingerprint density at radius 1 is 1.07 bits per heavy atom. The highest BCUT2D eigenvalue weighted by Crippen LogP contribution is 2.39. The number of fused-ring (bicyclic) bond motifs is 1. The third-order valence-corrected chi connectivity index (χ3v) is 5.89. The summed E-state index contributed by atoms with van der Waals surface area (Å²) in [6.45, 7) is 0.687. The van der Waals surface area contributed by atoms with Crippen molar-refractivity contribution in [3.63, 3.8) is 0 Å². The van der Waals surface area contributed by atoms with E-state index in [1.807, 2.05) is 0 Å². The number of esters is 1. The van der Waals surface area contributed by atoms with E-state index in [1.54, 1.807) is 18.2 Å². The van der Waals surface area contributed by atoms with Crippen LogP contribution in [0.15, 0.2) is 18.2 Å². The first kappa shape index (κ1) is 21.4. The van der Waals surface area contributed by atoms with E-state index in [-0.39, 0.29) is 17.9 Å². The Bertz CT molecular complexity index is 986. The zero-order valence-corrected chi connectivity index (χ0v) is 17.9. The van der Waals surface area contributed by atoms with Crippen molar-refractivity contribution in [2.45, 2.75) is 13.0 Å². The molecular formula is C20H22N2O7S. The predicted molar refractivity (Wildman–Crippen MR) is 110 cm³/mol. The molecule has 1 aliphatic rings. The van der Waals surface area contributed by atoms with Crippen molar-refractivity contribution in [1.82, 2.24) is 4.90 Å². The first-order valence-electron chi connectivity index (χ1n) is 9.03. The van der Waals surface area contributed by atoms with Crippen LogP contribution in [0.1, 0.15) is 31.2 Å². The van der Waals surface area contributed by atoms with Gasteiger partial charge in [0.25, 0.3) is 5.91 Å². The fourth-order valence-electron chi connectivity index (χ4n) is 3.33. The lowest BCUT2D eigenvalue weighted by Crippen LogP contribution is -2.35. The molecule has 10 heteroatoms. The Kier molecular flexibility index (Phi) is 6.46. The number of hydrogen-bond donors (Lipinski definition) is 1. The quantitative estimate of drug-likeness (QED) is 0.722. The van der Waals surface area contributed by atoms with Crippen LogP contribution in [0.3, 0.4) is 0 Å². The van der Waals surface area contributed by atoms with E-state index in [4.69, 9.17) is 18.9 Å². The zero-order valence-electron chi connectivity index (χ0n) is 17.1. The van der Waals surface area contributed by atoms with Gasteiger partial charge in [-0.1, -0.05) is 6.07 Å². The summed E-state index contributed by atoms with van der Waals surface area (Å²) < 4.78 is 20.3. The summed E-state index contributed by atoms with van der Waals surface area (Å²) in [5.74, 6) is -0.306. The molecule has 0 fully saturated rings. The van der Waals surface area contributed by atoms with Crippen molar-refractivity contribution < 1.29 is 33.3 Å². The Morgan fingerprint density at radius 2 is 1.83 bits per heavy atom. The summed E-state index contributed by atoms with van der Waals surface area (Å²) in [7, 11) is 5.53. The monoisotopic (exact) mass is 434 g/mol. The topological polar surface area (TPSA) is 103 Å². The van der Waals surface area contributed by atoms with E-state index in [0.717, 1.165) is 10.4 Å². The third kappa shape index (κ3) is 3.90. The second-order valence-corrected chi connectivity index (χ2v) is 7.44. The number of hydrogen-bond acceptors (Lipinski definition) is 8. The molecule has 30 heavy (non-hydrogen) atoms. The maximum Gasteiger partial charge on any atom is 0.409 e. The number of methoxy groups -OCH3 is 4. The summed E-state index contributed by atoms with van der Waals surface area (Å²) in [5.41, 5.74) is 1.33. The molecule has 160 valence electrons. The highest BCUT2D eigenvalue weighted by Gasteiger charge is 2.31. The number of benzene rings is 1. The van der Waals surface area contributed by atoms with Gasteiger partial charge in [-0.3, -0.25) is 4.79 Å². The van der Waals surface area contributed by atoms with Crippen LogP contribution >= 0.6 is 11.3 Å². The number of carbonyl (C=O) groups is 3. The highest BCUT2D eigenvalue weighted by molar-refractivity contribution is 7.17. The fourth-order valence-corrected chi connectivity index (χ4v) is 4.58. The normalized spacial score (nSPS) is 12.6. The van der Waals surface area contributed by atoms with Gasteiger partial charge in [0.1, 0.15) is 5.00 Å². The lowest BCUT2D eigenvalue weighted by molar-refractivity contribution is 0.0600. The molecule has 1 aliphatic heterocycles. The van der Waals surface area contributed by atoms with Crippen LogP contribution in [-0.4, -0.2) is 57.9 Å². The molecule has 0 bridgehead atoms. The van der Waals surface area contributed by atoms with Crippen LogP contribution in [0.4, 0.5) is 9.80 Å². The smallest absolute Gasteiger partial charge is 0.409 e. The fraction of sp³-hybridized carbons (Fsp3) is 0.350. The van der Waals surface area contributed by atoms with E-state index in [9.17, 15) is 14.4 Å². The van der Waals surface area contributed by atoms with Crippen molar-refractivity contribution in [3.05, 3.63) is 39.8 Å². The SMILES string of the molecule is COC(=O)c1c(NC(=O)c2cccc(OC)c2OC)sc2c1CCN(C(=O)OC)C2. The molecule has 0 radical (unpaired) electrons. The molecule has 1 aromatic carbocycles. The number of ether oxygens (including phenoxy) is 4. The van der Waals surface area contributed by atoms with E-state index >= 15 is 0 Å². The molecule has 1 N–H and O–H groups in total. The van der Waals surface area contributed by atoms with E-state index in [0.29, 0.717) is 29.3 Å². The van der Waals surface area contributed by atoms with Gasteiger partial charge in [0.2, 0.25) is 0 Å². The molecule has 0 spiro atoms. The summed E-state index contributed by atoms with van der Waals surface area (Å²) in [6.07, 6.45) is 0.00403. The third-order valence-electron chi connectivity index (χ3n) is 4.75. The van der Waals surface area contributed by atoms with Gasteiger partial charge in [0.15, 0.2) is 11.5 Å². The van der Waals surface area contributed by atoms with Crippen molar-refractivity contribution >= 4 is 34.3 Å². The largest absolute Gasteiger partial charge is 0.493 e. The number of para-hydroxylation sites is 1. The van der Waals surface area contributed by atoms with E-state index < -0.39 is 18.0 Å². The summed E-state index contributed by atoms with van der Waals surface area (Å²) in [4.78, 5) is 39.6. The number of amides is 2. The average molecular weight is 434 g/mol. The molecular weight excluding hydrogens is 412 g/mol. The maximum absolute atomic E-state index is 13.0. The van der Waals surface area contributed by atoms with E-state index in [2.05, 4.69) is 5.32 Å². The molecule has 2 aromatic rings. The Labute approximate surface area is 177 Å². The predicted octanol–water partition coefficient (Wildman–Crippen LogP) is 2.93. The first-order valence-corrected chi connectivity index (χ1v) is 9.84. The molecule has 0 unspecified atom stereocenters. The van der Waals surface area contributed by atoms with Crippen LogP contribution in [-0.2, 0) is 22.4 Å². The van der Waals surface area contributed by atoms with E-state index in [1.165, 1.54) is 44.7 Å². The van der Waals surface area contributed by atoms with Crippen LogP contribution in [0.2, 0.25) is 0 Å². The van der Waals surface area contributed by atoms with Crippen molar-refractivity contribution in [1.29, 1.82) is 0 Å². The molecule has 0 aliphatic carbocycles. The molecule has 2 amide bonds. The number of rotatable bonds is 5. The average Bonchev–Trinajstić information content (AvgIpc) is 3.13. The number of carbonyl (C=O) groups excluding carboxylic acids is 3. The molecule has 9 nitrogen and oxygen atoms in total. The number of thiophene rings is 1. The second kappa shape index (κ2) is 9.04. The van der Waals surface area contributed by atoms with Crippen LogP contribution in [0.25, 0.3) is 0 Å². The Balaban J connectivity index is 1.97.